The maximum Gasteiger partial charge on any atom is 0.228 e. The first kappa shape index (κ1) is 17.0. The molecule has 1 N–H and O–H groups in total. The molecule has 2 heteroatoms. The van der Waals surface area contributed by atoms with E-state index in [1.165, 1.54) is 11.1 Å². The molecule has 2 aliphatic rings. The Morgan fingerprint density at radius 1 is 0.875 bits per heavy atom. The third-order valence-electron chi connectivity index (χ3n) is 5.58. The molecular weight excluding hydrogens is 294 g/mol. The van der Waals surface area contributed by atoms with E-state index >= 15 is 0 Å². The van der Waals surface area contributed by atoms with Crippen LogP contribution in [0.4, 0.5) is 5.69 Å². The molecule has 1 aromatic carbocycles. The molecule has 3 rings (SSSR count). The van der Waals surface area contributed by atoms with E-state index in [9.17, 15) is 4.79 Å². The normalized spacial score (nSPS) is 29.5. The molecule has 0 radical (unpaired) electrons. The van der Waals surface area contributed by atoms with Gasteiger partial charge in [0.25, 0.3) is 0 Å². The smallest absolute Gasteiger partial charge is 0.228 e. The molecule has 3 unspecified atom stereocenters. The summed E-state index contributed by atoms with van der Waals surface area (Å²) >= 11 is 0. The summed E-state index contributed by atoms with van der Waals surface area (Å²) in [6, 6.07) is 6.17. The molecule has 0 aliphatic heterocycles. The van der Waals surface area contributed by atoms with Gasteiger partial charge < -0.3 is 5.32 Å². The summed E-state index contributed by atoms with van der Waals surface area (Å²) in [6.45, 7) is 4.19. The predicted octanol–water partition coefficient (Wildman–Crippen LogP) is 5.57. The van der Waals surface area contributed by atoms with Gasteiger partial charge in [0.05, 0.1) is 0 Å². The minimum absolute atomic E-state index is 0.203. The first-order chi connectivity index (χ1) is 11.7. The number of hydrogen-bond acceptors (Lipinski definition) is 1. The van der Waals surface area contributed by atoms with Crippen molar-refractivity contribution in [2.24, 2.45) is 17.8 Å². The first-order valence-electron chi connectivity index (χ1n) is 9.35. The highest BCUT2D eigenvalue weighted by molar-refractivity contribution is 5.95. The topological polar surface area (TPSA) is 29.1 Å². The fourth-order valence-electron chi connectivity index (χ4n) is 3.91. The lowest BCUT2D eigenvalue weighted by molar-refractivity contribution is -0.117. The highest BCUT2D eigenvalue weighted by Crippen LogP contribution is 2.52. The number of aryl methyl sites for hydroxylation is 2. The summed E-state index contributed by atoms with van der Waals surface area (Å²) in [4.78, 5) is 12.7. The van der Waals surface area contributed by atoms with Gasteiger partial charge in [0.2, 0.25) is 5.91 Å². The molecule has 1 saturated carbocycles. The number of amides is 1. The van der Waals surface area contributed by atoms with Gasteiger partial charge in [0.1, 0.15) is 0 Å². The molecule has 24 heavy (non-hydrogen) atoms. The van der Waals surface area contributed by atoms with Crippen molar-refractivity contribution in [3.05, 3.63) is 53.6 Å². The van der Waals surface area contributed by atoms with Crippen LogP contribution in [0, 0.1) is 31.6 Å². The Labute approximate surface area is 146 Å². The molecule has 128 valence electrons. The zero-order valence-corrected chi connectivity index (χ0v) is 14.9. The number of rotatable bonds is 2. The molecule has 0 bridgehead atoms. The van der Waals surface area contributed by atoms with Crippen molar-refractivity contribution >= 4 is 11.6 Å². The van der Waals surface area contributed by atoms with Gasteiger partial charge in [-0.05, 0) is 87.5 Å². The van der Waals surface area contributed by atoms with E-state index in [4.69, 9.17) is 0 Å². The first-order valence-corrected chi connectivity index (χ1v) is 9.35. The van der Waals surface area contributed by atoms with Crippen LogP contribution in [0.1, 0.15) is 49.7 Å². The monoisotopic (exact) mass is 323 g/mol. The van der Waals surface area contributed by atoms with Crippen LogP contribution in [0.3, 0.4) is 0 Å². The van der Waals surface area contributed by atoms with Crippen LogP contribution in [0.5, 0.6) is 0 Å². The lowest BCUT2D eigenvalue weighted by Gasteiger charge is -2.07. The molecular formula is C22H29NO. The van der Waals surface area contributed by atoms with E-state index in [0.29, 0.717) is 11.8 Å². The van der Waals surface area contributed by atoms with Crippen molar-refractivity contribution < 1.29 is 4.79 Å². The fraction of sp³-hybridized carbons (Fsp3) is 0.500. The van der Waals surface area contributed by atoms with E-state index in [1.54, 1.807) is 0 Å². The van der Waals surface area contributed by atoms with Crippen LogP contribution in [0.2, 0.25) is 0 Å². The number of nitrogens with one attached hydrogen (secondary N) is 1. The third kappa shape index (κ3) is 4.17. The lowest BCUT2D eigenvalue weighted by Crippen LogP contribution is -2.15. The Morgan fingerprint density at radius 2 is 1.46 bits per heavy atom. The van der Waals surface area contributed by atoms with Crippen LogP contribution in [-0.2, 0) is 4.79 Å². The van der Waals surface area contributed by atoms with Crippen molar-refractivity contribution in [2.45, 2.75) is 52.4 Å². The summed E-state index contributed by atoms with van der Waals surface area (Å²) in [5, 5.41) is 3.15. The van der Waals surface area contributed by atoms with Crippen LogP contribution < -0.4 is 5.32 Å². The predicted molar refractivity (Wildman–Crippen MR) is 101 cm³/mol. The van der Waals surface area contributed by atoms with Gasteiger partial charge in [0.15, 0.2) is 0 Å². The molecule has 2 aliphatic carbocycles. The summed E-state index contributed by atoms with van der Waals surface area (Å²) in [7, 11) is 0. The molecule has 2 nitrogen and oxygen atoms in total. The molecule has 0 heterocycles. The number of anilines is 1. The standard InChI is InChI=1S/C22H29NO/c1-16-13-14-18(15-17(16)2)23-22(24)21-19-11-9-7-5-3-4-6-8-10-12-20(19)21/h5-8,13-15,19-21H,3-4,9-12H2,1-2H3,(H,23,24)/b7-5-,8-6+. The van der Waals surface area contributed by atoms with E-state index in [1.807, 2.05) is 6.07 Å². The Bertz CT molecular complexity index is 619. The quantitative estimate of drug-likeness (QED) is 0.708. The Morgan fingerprint density at radius 3 is 2.04 bits per heavy atom. The molecule has 1 aromatic rings. The average Bonchev–Trinajstić information content (AvgIpc) is 3.23. The summed E-state index contributed by atoms with van der Waals surface area (Å²) in [5.41, 5.74) is 3.43. The van der Waals surface area contributed by atoms with Gasteiger partial charge in [-0.25, -0.2) is 0 Å². The van der Waals surface area contributed by atoms with Gasteiger partial charge in [0, 0.05) is 11.6 Å². The minimum atomic E-state index is 0.203. The van der Waals surface area contributed by atoms with Crippen LogP contribution in [0.15, 0.2) is 42.5 Å². The zero-order chi connectivity index (χ0) is 16.9. The molecule has 3 atom stereocenters. The zero-order valence-electron chi connectivity index (χ0n) is 14.9. The van der Waals surface area contributed by atoms with Crippen molar-refractivity contribution in [1.82, 2.24) is 0 Å². The van der Waals surface area contributed by atoms with Crippen LogP contribution in [-0.4, -0.2) is 5.91 Å². The highest BCUT2D eigenvalue weighted by Gasteiger charge is 2.52. The second-order valence-corrected chi connectivity index (χ2v) is 7.32. The minimum Gasteiger partial charge on any atom is -0.326 e. The van der Waals surface area contributed by atoms with Crippen molar-refractivity contribution in [1.29, 1.82) is 0 Å². The highest BCUT2D eigenvalue weighted by atomic mass is 16.2. The van der Waals surface area contributed by atoms with Gasteiger partial charge in [-0.15, -0.1) is 0 Å². The van der Waals surface area contributed by atoms with Gasteiger partial charge in [-0.3, -0.25) is 4.79 Å². The number of benzene rings is 1. The summed E-state index contributed by atoms with van der Waals surface area (Å²) in [5.74, 6) is 1.55. The number of fused-ring (bicyclic) bond motifs is 1. The number of hydrogen-bond donors (Lipinski definition) is 1. The van der Waals surface area contributed by atoms with Crippen molar-refractivity contribution in [3.63, 3.8) is 0 Å². The molecule has 0 aromatic heterocycles. The van der Waals surface area contributed by atoms with E-state index < -0.39 is 0 Å². The van der Waals surface area contributed by atoms with Crippen LogP contribution in [0.25, 0.3) is 0 Å². The van der Waals surface area contributed by atoms with Crippen molar-refractivity contribution in [3.8, 4) is 0 Å². The number of carbonyl (C=O) groups is 1. The SMILES string of the molecule is Cc1ccc(NC(=O)C2C3CC/C=C\CC/C=C/CCC32)cc1C. The maximum absolute atomic E-state index is 12.7. The van der Waals surface area contributed by atoms with E-state index in [2.05, 4.69) is 55.6 Å². The fourth-order valence-corrected chi connectivity index (χ4v) is 3.91. The number of carbonyl (C=O) groups excluding carboxylic acids is 1. The van der Waals surface area contributed by atoms with Gasteiger partial charge >= 0.3 is 0 Å². The Kier molecular flexibility index (Phi) is 5.55. The van der Waals surface area contributed by atoms with Crippen molar-refractivity contribution in [2.75, 3.05) is 5.32 Å². The molecule has 1 fully saturated rings. The van der Waals surface area contributed by atoms with Gasteiger partial charge in [-0.1, -0.05) is 30.4 Å². The summed E-state index contributed by atoms with van der Waals surface area (Å²) in [6.07, 6.45) is 16.0. The third-order valence-corrected chi connectivity index (χ3v) is 5.58. The average molecular weight is 323 g/mol. The summed E-state index contributed by atoms with van der Waals surface area (Å²) < 4.78 is 0. The molecule has 1 amide bonds. The second kappa shape index (κ2) is 7.83. The Balaban J connectivity index is 1.62. The Hall–Kier alpha value is -1.83. The maximum atomic E-state index is 12.7. The lowest BCUT2D eigenvalue weighted by atomic mass is 10.1. The number of allylic oxidation sites excluding steroid dienone is 4. The van der Waals surface area contributed by atoms with Gasteiger partial charge in [-0.2, -0.15) is 0 Å². The molecule has 0 saturated heterocycles. The van der Waals surface area contributed by atoms with E-state index in [-0.39, 0.29) is 11.8 Å². The molecule has 0 spiro atoms. The second-order valence-electron chi connectivity index (χ2n) is 7.32. The van der Waals surface area contributed by atoms with E-state index in [0.717, 1.165) is 44.2 Å². The largest absolute Gasteiger partial charge is 0.326 e. The van der Waals surface area contributed by atoms with Crippen LogP contribution >= 0.6 is 0 Å².